The van der Waals surface area contributed by atoms with Crippen LogP contribution in [0.25, 0.3) is 36.5 Å². The molecule has 0 atom stereocenters. The Hall–Kier alpha value is -6.03. The normalized spacial score (nSPS) is 10.9. The minimum Gasteiger partial charge on any atom is -0.495 e. The molecule has 4 rings (SSSR count). The van der Waals surface area contributed by atoms with Crippen LogP contribution in [0.15, 0.2) is 72.8 Å². The van der Waals surface area contributed by atoms with Crippen molar-refractivity contribution in [1.82, 2.24) is 0 Å². The Morgan fingerprint density at radius 3 is 0.833 bits per heavy atom. The molecule has 0 bridgehead atoms. The Labute approximate surface area is 245 Å². The van der Waals surface area contributed by atoms with Gasteiger partial charge in [-0.3, -0.25) is 0 Å². The summed E-state index contributed by atoms with van der Waals surface area (Å²) < 4.78 is 17.9. The first kappa shape index (κ1) is 29.0. The average Bonchev–Trinajstić information content (AvgIpc) is 3.05. The van der Waals surface area contributed by atoms with Crippen LogP contribution >= 0.6 is 0 Å². The zero-order valence-electron chi connectivity index (χ0n) is 23.5. The van der Waals surface area contributed by atoms with E-state index in [-0.39, 0.29) is 0 Å². The van der Waals surface area contributed by atoms with Crippen molar-refractivity contribution in [1.29, 1.82) is 15.8 Å². The molecule has 0 aromatic heterocycles. The summed E-state index contributed by atoms with van der Waals surface area (Å²) in [7, 11) is 4.79. The van der Waals surface area contributed by atoms with Crippen molar-refractivity contribution in [3.8, 4) is 35.5 Å². The number of ether oxygens (including phenoxy) is 3. The van der Waals surface area contributed by atoms with Gasteiger partial charge in [0.1, 0.15) is 17.2 Å². The molecule has 42 heavy (non-hydrogen) atoms. The lowest BCUT2D eigenvalue weighted by Gasteiger charge is -2.20. The van der Waals surface area contributed by atoms with Crippen molar-refractivity contribution in [3.63, 3.8) is 0 Å². The number of hydrogen-bond acceptors (Lipinski definition) is 6. The molecule has 0 fully saturated rings. The summed E-state index contributed by atoms with van der Waals surface area (Å²) in [5, 5.41) is 27.4. The molecule has 0 N–H and O–H groups in total. The maximum Gasteiger partial charge on any atom is 0.140 e. The van der Waals surface area contributed by atoms with E-state index in [0.717, 1.165) is 16.7 Å². The van der Waals surface area contributed by atoms with Gasteiger partial charge in [-0.05, 0) is 71.3 Å². The van der Waals surface area contributed by atoms with E-state index in [1.807, 2.05) is 72.9 Å². The predicted octanol–water partition coefficient (Wildman–Crippen LogP) is 7.84. The third-order valence-electron chi connectivity index (χ3n) is 6.53. The van der Waals surface area contributed by atoms with E-state index >= 15 is 0 Å². The lowest BCUT2D eigenvalue weighted by Crippen LogP contribution is -2.02. The van der Waals surface area contributed by atoms with Crippen molar-refractivity contribution >= 4 is 36.5 Å². The number of benzene rings is 4. The van der Waals surface area contributed by atoms with Gasteiger partial charge in [0.15, 0.2) is 0 Å². The minimum atomic E-state index is 0.550. The predicted molar refractivity (Wildman–Crippen MR) is 166 cm³/mol. The molecule has 0 saturated heterocycles. The molecule has 0 heterocycles. The van der Waals surface area contributed by atoms with Gasteiger partial charge in [0.2, 0.25) is 0 Å². The molecule has 0 unspecified atom stereocenters. The molecule has 0 amide bonds. The Bertz CT molecular complexity index is 1540. The minimum absolute atomic E-state index is 0.550. The van der Waals surface area contributed by atoms with Gasteiger partial charge in [0.05, 0.1) is 72.9 Å². The molecule has 204 valence electrons. The number of methoxy groups -OCH3 is 3. The third kappa shape index (κ3) is 6.57. The standard InChI is InChI=1S/C36H27N3O3/c1-40-34-31(19-16-25-4-10-28(22-37)11-5-25)35(41-2)33(21-18-27-8-14-30(24-39)15-9-27)36(42-3)32(34)20-17-26-6-12-29(23-38)13-7-26/h4-21H,1-3H3/b19-16+,20-17+,21-18+. The van der Waals surface area contributed by atoms with E-state index < -0.39 is 0 Å². The van der Waals surface area contributed by atoms with E-state index in [2.05, 4.69) is 18.2 Å². The van der Waals surface area contributed by atoms with Crippen molar-refractivity contribution in [2.24, 2.45) is 0 Å². The summed E-state index contributed by atoms with van der Waals surface area (Å²) in [6.45, 7) is 0. The SMILES string of the molecule is COc1c(/C=C/c2ccc(C#N)cc2)c(OC)c(/C=C/c2ccc(C#N)cc2)c(OC)c1/C=C/c1ccc(C#N)cc1. The molecule has 4 aromatic rings. The summed E-state index contributed by atoms with van der Waals surface area (Å²) in [4.78, 5) is 0. The van der Waals surface area contributed by atoms with E-state index in [0.29, 0.717) is 50.6 Å². The van der Waals surface area contributed by atoms with E-state index in [9.17, 15) is 0 Å². The van der Waals surface area contributed by atoms with Crippen LogP contribution in [0.3, 0.4) is 0 Å². The summed E-state index contributed by atoms with van der Waals surface area (Å²) >= 11 is 0. The van der Waals surface area contributed by atoms with E-state index in [4.69, 9.17) is 30.0 Å². The summed E-state index contributed by atoms with van der Waals surface area (Å²) in [5.41, 5.74) is 6.54. The Balaban J connectivity index is 1.92. The lowest BCUT2D eigenvalue weighted by molar-refractivity contribution is 0.371. The van der Waals surface area contributed by atoms with Crippen molar-refractivity contribution in [2.75, 3.05) is 21.3 Å². The number of rotatable bonds is 9. The maximum absolute atomic E-state index is 9.15. The Morgan fingerprint density at radius 1 is 0.405 bits per heavy atom. The maximum atomic E-state index is 9.15. The van der Waals surface area contributed by atoms with Gasteiger partial charge in [-0.25, -0.2) is 0 Å². The second-order valence-electron chi connectivity index (χ2n) is 9.04. The van der Waals surface area contributed by atoms with Crippen LogP contribution in [0.4, 0.5) is 0 Å². The molecule has 0 saturated carbocycles. The molecule has 6 heteroatoms. The molecular formula is C36H27N3O3. The first-order valence-corrected chi connectivity index (χ1v) is 13.0. The largest absolute Gasteiger partial charge is 0.495 e. The molecule has 0 aliphatic carbocycles. The van der Waals surface area contributed by atoms with Crippen LogP contribution < -0.4 is 14.2 Å². The van der Waals surface area contributed by atoms with Gasteiger partial charge in [-0.15, -0.1) is 0 Å². The first-order chi connectivity index (χ1) is 20.5. The fourth-order valence-electron chi connectivity index (χ4n) is 4.40. The van der Waals surface area contributed by atoms with Crippen LogP contribution in [-0.2, 0) is 0 Å². The Kier molecular flexibility index (Phi) is 9.55. The van der Waals surface area contributed by atoms with Crippen LogP contribution in [0.5, 0.6) is 17.2 Å². The summed E-state index contributed by atoms with van der Waals surface area (Å²) in [6.07, 6.45) is 11.5. The summed E-state index contributed by atoms with van der Waals surface area (Å²) in [5.74, 6) is 1.65. The van der Waals surface area contributed by atoms with Gasteiger partial charge in [-0.1, -0.05) is 54.6 Å². The molecule has 0 aliphatic rings. The smallest absolute Gasteiger partial charge is 0.140 e. The van der Waals surface area contributed by atoms with Gasteiger partial charge >= 0.3 is 0 Å². The topological polar surface area (TPSA) is 99.1 Å². The molecule has 0 radical (unpaired) electrons. The van der Waals surface area contributed by atoms with Gasteiger partial charge in [0.25, 0.3) is 0 Å². The zero-order valence-corrected chi connectivity index (χ0v) is 23.5. The second-order valence-corrected chi connectivity index (χ2v) is 9.04. The van der Waals surface area contributed by atoms with Crippen LogP contribution in [0.1, 0.15) is 50.1 Å². The highest BCUT2D eigenvalue weighted by Crippen LogP contribution is 2.46. The van der Waals surface area contributed by atoms with Crippen molar-refractivity contribution < 1.29 is 14.2 Å². The van der Waals surface area contributed by atoms with Gasteiger partial charge < -0.3 is 14.2 Å². The third-order valence-corrected chi connectivity index (χ3v) is 6.53. The van der Waals surface area contributed by atoms with Crippen LogP contribution in [-0.4, -0.2) is 21.3 Å². The number of nitrogens with zero attached hydrogens (tertiary/aromatic N) is 3. The summed E-state index contributed by atoms with van der Waals surface area (Å²) in [6, 6.07) is 28.2. The fourth-order valence-corrected chi connectivity index (χ4v) is 4.40. The molecule has 0 aliphatic heterocycles. The zero-order chi connectivity index (χ0) is 29.9. The van der Waals surface area contributed by atoms with Gasteiger partial charge in [-0.2, -0.15) is 15.8 Å². The second kappa shape index (κ2) is 13.9. The molecule has 4 aromatic carbocycles. The quantitative estimate of drug-likeness (QED) is 0.197. The number of hydrogen-bond donors (Lipinski definition) is 0. The van der Waals surface area contributed by atoms with Crippen molar-refractivity contribution in [2.45, 2.75) is 0 Å². The highest BCUT2D eigenvalue weighted by Gasteiger charge is 2.23. The first-order valence-electron chi connectivity index (χ1n) is 13.0. The van der Waals surface area contributed by atoms with Crippen LogP contribution in [0.2, 0.25) is 0 Å². The average molecular weight is 550 g/mol. The van der Waals surface area contributed by atoms with E-state index in [1.54, 1.807) is 57.7 Å². The van der Waals surface area contributed by atoms with E-state index in [1.165, 1.54) is 0 Å². The highest BCUT2D eigenvalue weighted by molar-refractivity contribution is 5.91. The molecular weight excluding hydrogens is 522 g/mol. The molecule has 6 nitrogen and oxygen atoms in total. The van der Waals surface area contributed by atoms with Crippen LogP contribution in [0, 0.1) is 34.0 Å². The molecule has 0 spiro atoms. The lowest BCUT2D eigenvalue weighted by atomic mass is 9.97. The fraction of sp³-hybridized carbons (Fsp3) is 0.0833. The monoisotopic (exact) mass is 549 g/mol. The highest BCUT2D eigenvalue weighted by atomic mass is 16.5. The number of nitriles is 3. The van der Waals surface area contributed by atoms with Gasteiger partial charge in [0, 0.05) is 0 Å². The Morgan fingerprint density at radius 2 is 0.643 bits per heavy atom. The van der Waals surface area contributed by atoms with Crippen molar-refractivity contribution in [3.05, 3.63) is 123 Å².